The highest BCUT2D eigenvalue weighted by atomic mass is 32.2. The molecule has 1 fully saturated rings. The summed E-state index contributed by atoms with van der Waals surface area (Å²) in [5, 5.41) is 7.41. The van der Waals surface area contributed by atoms with Crippen molar-refractivity contribution in [3.05, 3.63) is 53.3 Å². The first-order chi connectivity index (χ1) is 11.7. The molecule has 1 saturated heterocycles. The van der Waals surface area contributed by atoms with Crippen LogP contribution in [-0.2, 0) is 13.5 Å². The topological polar surface area (TPSA) is 50.2 Å². The largest absolute Gasteiger partial charge is 0.337 e. The molecular formula is C18H22N4OS. The number of hydrogen-bond acceptors (Lipinski definition) is 3. The number of carbonyl (C=O) groups excluding carboxylic acids is 1. The summed E-state index contributed by atoms with van der Waals surface area (Å²) < 4.78 is 1.80. The quantitative estimate of drug-likeness (QED) is 0.933. The van der Waals surface area contributed by atoms with E-state index in [1.807, 2.05) is 36.1 Å². The maximum absolute atomic E-state index is 12.7. The minimum atomic E-state index is 0.0496. The van der Waals surface area contributed by atoms with Crippen LogP contribution >= 0.6 is 11.8 Å². The lowest BCUT2D eigenvalue weighted by molar-refractivity contribution is 0.181. The molecular weight excluding hydrogens is 320 g/mol. The lowest BCUT2D eigenvalue weighted by atomic mass is 9.78. The normalized spacial score (nSPS) is 22.6. The Morgan fingerprint density at radius 3 is 3.08 bits per heavy atom. The number of rotatable bonds is 3. The third-order valence-electron chi connectivity index (χ3n) is 4.96. The molecule has 2 atom stereocenters. The molecule has 2 heterocycles. The molecule has 126 valence electrons. The summed E-state index contributed by atoms with van der Waals surface area (Å²) in [6.07, 6.45) is 4.95. The van der Waals surface area contributed by atoms with Crippen molar-refractivity contribution in [2.24, 2.45) is 7.05 Å². The number of fused-ring (bicyclic) bond motifs is 1. The first kappa shape index (κ1) is 15.6. The smallest absolute Gasteiger partial charge is 0.317 e. The van der Waals surface area contributed by atoms with Gasteiger partial charge in [0.25, 0.3) is 0 Å². The molecule has 6 heteroatoms. The Balaban J connectivity index is 1.39. The van der Waals surface area contributed by atoms with E-state index in [4.69, 9.17) is 0 Å². The van der Waals surface area contributed by atoms with Crippen molar-refractivity contribution in [3.63, 3.8) is 0 Å². The van der Waals surface area contributed by atoms with Crippen LogP contribution in [0.1, 0.15) is 28.7 Å². The van der Waals surface area contributed by atoms with Crippen molar-refractivity contribution in [2.45, 2.75) is 18.4 Å². The second kappa shape index (κ2) is 6.51. The minimum absolute atomic E-state index is 0.0496. The second-order valence-corrected chi connectivity index (χ2v) is 7.67. The molecule has 0 radical (unpaired) electrons. The van der Waals surface area contributed by atoms with Crippen LogP contribution in [0.5, 0.6) is 0 Å². The van der Waals surface area contributed by atoms with Crippen LogP contribution in [0.2, 0.25) is 0 Å². The Bertz CT molecular complexity index is 744. The molecule has 0 spiro atoms. The van der Waals surface area contributed by atoms with E-state index in [-0.39, 0.29) is 12.1 Å². The zero-order valence-corrected chi connectivity index (χ0v) is 14.6. The van der Waals surface area contributed by atoms with E-state index in [1.54, 1.807) is 4.68 Å². The molecule has 2 aromatic rings. The van der Waals surface area contributed by atoms with Gasteiger partial charge in [-0.25, -0.2) is 4.79 Å². The summed E-state index contributed by atoms with van der Waals surface area (Å²) >= 11 is 1.90. The zero-order valence-electron chi connectivity index (χ0n) is 13.8. The van der Waals surface area contributed by atoms with Crippen LogP contribution in [0, 0.1) is 0 Å². The van der Waals surface area contributed by atoms with Gasteiger partial charge < -0.3 is 10.2 Å². The number of thioether (sulfide) groups is 1. The van der Waals surface area contributed by atoms with Gasteiger partial charge in [-0.3, -0.25) is 4.68 Å². The second-order valence-electron chi connectivity index (χ2n) is 6.52. The highest BCUT2D eigenvalue weighted by molar-refractivity contribution is 7.99. The third-order valence-corrected chi connectivity index (χ3v) is 5.98. The van der Waals surface area contributed by atoms with Gasteiger partial charge in [-0.1, -0.05) is 24.3 Å². The summed E-state index contributed by atoms with van der Waals surface area (Å²) in [7, 11) is 1.91. The lowest BCUT2D eigenvalue weighted by Crippen LogP contribution is -2.47. The molecule has 1 N–H and O–H groups in total. The number of amides is 2. The third kappa shape index (κ3) is 2.90. The van der Waals surface area contributed by atoms with Gasteiger partial charge in [0.1, 0.15) is 0 Å². The molecule has 0 saturated carbocycles. The molecule has 5 nitrogen and oxygen atoms in total. The summed E-state index contributed by atoms with van der Waals surface area (Å²) in [6.45, 7) is 1.51. The first-order valence-corrected chi connectivity index (χ1v) is 9.56. The Morgan fingerprint density at radius 2 is 2.29 bits per heavy atom. The maximum Gasteiger partial charge on any atom is 0.317 e. The number of urea groups is 1. The average molecular weight is 342 g/mol. The number of aryl methyl sites for hydroxylation is 1. The van der Waals surface area contributed by atoms with Gasteiger partial charge in [-0.05, 0) is 17.5 Å². The molecule has 1 aliphatic heterocycles. The first-order valence-electron chi connectivity index (χ1n) is 8.41. The number of aromatic nitrogens is 2. The Kier molecular flexibility index (Phi) is 4.22. The summed E-state index contributed by atoms with van der Waals surface area (Å²) in [6, 6.07) is 8.67. The predicted molar refractivity (Wildman–Crippen MR) is 96.3 cm³/mol. The van der Waals surface area contributed by atoms with Gasteiger partial charge in [-0.2, -0.15) is 16.9 Å². The Labute approximate surface area is 146 Å². The molecule has 1 aromatic heterocycles. The highest BCUT2D eigenvalue weighted by Gasteiger charge is 2.31. The molecule has 1 aliphatic carbocycles. The van der Waals surface area contributed by atoms with Crippen molar-refractivity contribution >= 4 is 17.8 Å². The molecule has 2 aliphatic rings. The molecule has 24 heavy (non-hydrogen) atoms. The molecule has 2 amide bonds. The van der Waals surface area contributed by atoms with Crippen LogP contribution in [0.25, 0.3) is 0 Å². The van der Waals surface area contributed by atoms with Crippen molar-refractivity contribution in [1.29, 1.82) is 0 Å². The van der Waals surface area contributed by atoms with Gasteiger partial charge in [0, 0.05) is 49.3 Å². The number of nitrogens with zero attached hydrogens (tertiary/aromatic N) is 3. The van der Waals surface area contributed by atoms with E-state index >= 15 is 0 Å². The molecule has 1 aromatic carbocycles. The fourth-order valence-electron chi connectivity index (χ4n) is 3.59. The Morgan fingerprint density at radius 1 is 1.42 bits per heavy atom. The average Bonchev–Trinajstić information content (AvgIpc) is 3.02. The number of carbonyl (C=O) groups is 1. The molecule has 0 bridgehead atoms. The molecule has 0 unspecified atom stereocenters. The lowest BCUT2D eigenvalue weighted by Gasteiger charge is -2.36. The van der Waals surface area contributed by atoms with Gasteiger partial charge in [0.05, 0.1) is 12.2 Å². The van der Waals surface area contributed by atoms with E-state index in [0.29, 0.717) is 5.92 Å². The van der Waals surface area contributed by atoms with Gasteiger partial charge in [0.2, 0.25) is 0 Å². The SMILES string of the molecule is Cn1cc([C@@H]2CSCCN2C(=O)NC[C@@H]2Cc3ccccc32)cn1. The fourth-order valence-corrected chi connectivity index (χ4v) is 4.68. The van der Waals surface area contributed by atoms with Crippen LogP contribution < -0.4 is 5.32 Å². The maximum atomic E-state index is 12.7. The van der Waals surface area contributed by atoms with E-state index in [0.717, 1.165) is 36.6 Å². The highest BCUT2D eigenvalue weighted by Crippen LogP contribution is 2.34. The van der Waals surface area contributed by atoms with Crippen LogP contribution in [0.4, 0.5) is 4.79 Å². The van der Waals surface area contributed by atoms with Crippen molar-refractivity contribution in [2.75, 3.05) is 24.6 Å². The van der Waals surface area contributed by atoms with E-state index < -0.39 is 0 Å². The summed E-state index contributed by atoms with van der Waals surface area (Å²) in [5.74, 6) is 2.39. The fraction of sp³-hybridized carbons (Fsp3) is 0.444. The van der Waals surface area contributed by atoms with Crippen LogP contribution in [-0.4, -0.2) is 45.3 Å². The van der Waals surface area contributed by atoms with Gasteiger partial charge >= 0.3 is 6.03 Å². The van der Waals surface area contributed by atoms with Crippen molar-refractivity contribution < 1.29 is 4.79 Å². The standard InChI is InChI=1S/C18H22N4OS/c1-21-11-15(10-20-21)17-12-24-7-6-22(17)18(23)19-9-14-8-13-4-2-3-5-16(13)14/h2-5,10-11,14,17H,6-9,12H2,1H3,(H,19,23)/t14-,17-/m0/s1. The van der Waals surface area contributed by atoms with Crippen molar-refractivity contribution in [3.8, 4) is 0 Å². The number of nitrogens with one attached hydrogen (secondary N) is 1. The van der Waals surface area contributed by atoms with Crippen LogP contribution in [0.3, 0.4) is 0 Å². The number of benzene rings is 1. The minimum Gasteiger partial charge on any atom is -0.337 e. The van der Waals surface area contributed by atoms with Crippen LogP contribution in [0.15, 0.2) is 36.7 Å². The van der Waals surface area contributed by atoms with Gasteiger partial charge in [0.15, 0.2) is 0 Å². The predicted octanol–water partition coefficient (Wildman–Crippen LogP) is 2.56. The monoisotopic (exact) mass is 342 g/mol. The summed E-state index contributed by atoms with van der Waals surface area (Å²) in [4.78, 5) is 14.7. The van der Waals surface area contributed by atoms with Gasteiger partial charge in [-0.15, -0.1) is 0 Å². The zero-order chi connectivity index (χ0) is 16.5. The van der Waals surface area contributed by atoms with Crippen molar-refractivity contribution in [1.82, 2.24) is 20.0 Å². The Hall–Kier alpha value is -1.95. The van der Waals surface area contributed by atoms with E-state index in [9.17, 15) is 4.79 Å². The van der Waals surface area contributed by atoms with E-state index in [1.165, 1.54) is 11.1 Å². The van der Waals surface area contributed by atoms with E-state index in [2.05, 4.69) is 34.7 Å². The molecule has 4 rings (SSSR count). The number of hydrogen-bond donors (Lipinski definition) is 1. The summed E-state index contributed by atoms with van der Waals surface area (Å²) in [5.41, 5.74) is 3.92.